The van der Waals surface area contributed by atoms with Gasteiger partial charge in [-0.1, -0.05) is 44.6 Å². The molecule has 188 valence electrons. The van der Waals surface area contributed by atoms with Crippen LogP contribution in [-0.2, 0) is 11.5 Å². The van der Waals surface area contributed by atoms with E-state index < -0.39 is 0 Å². The van der Waals surface area contributed by atoms with E-state index in [1.165, 1.54) is 41.8 Å². The number of aldehydes is 1. The Labute approximate surface area is 202 Å². The summed E-state index contributed by atoms with van der Waals surface area (Å²) >= 11 is 0. The van der Waals surface area contributed by atoms with Crippen LogP contribution < -0.4 is 10.6 Å². The fourth-order valence-corrected chi connectivity index (χ4v) is 4.03. The van der Waals surface area contributed by atoms with Crippen molar-refractivity contribution in [2.24, 2.45) is 5.92 Å². The van der Waals surface area contributed by atoms with Crippen LogP contribution in [0.1, 0.15) is 64.8 Å². The van der Waals surface area contributed by atoms with E-state index in [1.807, 2.05) is 21.0 Å². The first-order valence-electron chi connectivity index (χ1n) is 12.5. The molecule has 4 rings (SSSR count). The van der Waals surface area contributed by atoms with E-state index in [4.69, 9.17) is 0 Å². The lowest BCUT2D eigenvalue weighted by molar-refractivity contribution is -0.111. The highest BCUT2D eigenvalue weighted by Gasteiger charge is 2.30. The molecule has 0 spiro atoms. The fourth-order valence-electron chi connectivity index (χ4n) is 4.03. The molecule has 1 aromatic rings. The summed E-state index contributed by atoms with van der Waals surface area (Å²) in [6.07, 6.45) is 12.0. The number of rotatable bonds is 7. The smallest absolute Gasteiger partial charge is 0.137 e. The van der Waals surface area contributed by atoms with Gasteiger partial charge in [0.15, 0.2) is 0 Å². The number of nitrogens with one attached hydrogen (secondary N) is 2. The summed E-state index contributed by atoms with van der Waals surface area (Å²) in [6, 6.07) is 0.198. The molecule has 6 nitrogen and oxygen atoms in total. The summed E-state index contributed by atoms with van der Waals surface area (Å²) in [7, 11) is 3.94. The molecule has 0 amide bonds. The van der Waals surface area contributed by atoms with Crippen molar-refractivity contribution in [1.82, 2.24) is 24.9 Å². The molecule has 6 heteroatoms. The van der Waals surface area contributed by atoms with Gasteiger partial charge in [-0.05, 0) is 71.7 Å². The van der Waals surface area contributed by atoms with Crippen LogP contribution in [0.2, 0.25) is 0 Å². The Morgan fingerprint density at radius 2 is 1.82 bits per heavy atom. The predicted molar refractivity (Wildman–Crippen MR) is 143 cm³/mol. The molecule has 3 aliphatic rings. The van der Waals surface area contributed by atoms with Gasteiger partial charge in [-0.15, -0.1) is 6.58 Å². The van der Waals surface area contributed by atoms with E-state index in [2.05, 4.69) is 71.3 Å². The number of carbonyl (C=O) groups excluding carboxylic acids is 1. The zero-order chi connectivity index (χ0) is 24.8. The maximum Gasteiger partial charge on any atom is 0.137 e. The standard InChI is InChI=1S/C12H17N3.C8H16N2O.C4H10.C3H6/c1-9-12(15-8-14(9)15)11-5-3-10(4-6-11)7-13-2;1-9-4-6-10-5-2-3-8(10)7-11;1-4(2)3;1-3-2/h3,5,13H,4,6-8H2,1-2H3;7-9H,2-6H2,1H3;4H,1-3H3;3H,1H2,2H3. The minimum absolute atomic E-state index is 0.198. The molecule has 1 saturated heterocycles. The molecule has 1 unspecified atom stereocenters. The molecule has 1 fully saturated rings. The molecule has 0 saturated carbocycles. The minimum Gasteiger partial charge on any atom is -0.318 e. The van der Waals surface area contributed by atoms with E-state index in [1.54, 1.807) is 6.08 Å². The van der Waals surface area contributed by atoms with Crippen molar-refractivity contribution in [3.05, 3.63) is 41.8 Å². The first-order valence-corrected chi connectivity index (χ1v) is 12.5. The van der Waals surface area contributed by atoms with E-state index in [0.29, 0.717) is 0 Å². The highest BCUT2D eigenvalue weighted by Crippen LogP contribution is 2.35. The normalized spacial score (nSPS) is 18.5. The molecule has 2 N–H and O–H groups in total. The monoisotopic (exact) mass is 459 g/mol. The van der Waals surface area contributed by atoms with E-state index in [-0.39, 0.29) is 6.04 Å². The van der Waals surface area contributed by atoms with Gasteiger partial charge in [-0.3, -0.25) is 14.3 Å². The Morgan fingerprint density at radius 1 is 1.15 bits per heavy atom. The van der Waals surface area contributed by atoms with Crippen molar-refractivity contribution in [3.63, 3.8) is 0 Å². The van der Waals surface area contributed by atoms with Gasteiger partial charge in [-0.2, -0.15) is 0 Å². The number of likely N-dealkylation sites (tertiary alicyclic amines) is 1. The predicted octanol–water partition coefficient (Wildman–Crippen LogP) is 4.46. The number of allylic oxidation sites excluding steroid dienone is 4. The van der Waals surface area contributed by atoms with Crippen LogP contribution in [-0.4, -0.2) is 66.9 Å². The highest BCUT2D eigenvalue weighted by atomic mass is 16.1. The van der Waals surface area contributed by atoms with E-state index in [9.17, 15) is 4.79 Å². The molecule has 0 radical (unpaired) electrons. The van der Waals surface area contributed by atoms with Crippen molar-refractivity contribution >= 4 is 11.9 Å². The zero-order valence-electron chi connectivity index (χ0n) is 22.3. The number of hydrogen-bond donors (Lipinski definition) is 2. The molecular weight excluding hydrogens is 410 g/mol. The average molecular weight is 460 g/mol. The Hall–Kier alpha value is -1.89. The van der Waals surface area contributed by atoms with Crippen molar-refractivity contribution in [3.8, 4) is 0 Å². The summed E-state index contributed by atoms with van der Waals surface area (Å²) in [5.41, 5.74) is 5.96. The van der Waals surface area contributed by atoms with Gasteiger partial charge in [0.05, 0.1) is 17.4 Å². The summed E-state index contributed by atoms with van der Waals surface area (Å²) in [4.78, 5) is 12.8. The molecule has 0 bridgehead atoms. The third kappa shape index (κ3) is 9.86. The maximum absolute atomic E-state index is 10.5. The quantitative estimate of drug-likeness (QED) is 0.474. The first kappa shape index (κ1) is 29.1. The number of fused-ring (bicyclic) bond motifs is 1. The van der Waals surface area contributed by atoms with Crippen molar-refractivity contribution in [2.45, 2.75) is 73.0 Å². The van der Waals surface area contributed by atoms with Gasteiger partial charge in [0.2, 0.25) is 0 Å². The van der Waals surface area contributed by atoms with Gasteiger partial charge >= 0.3 is 0 Å². The number of carbonyl (C=O) groups is 1. The second-order valence-electron chi connectivity index (χ2n) is 9.55. The van der Waals surface area contributed by atoms with Crippen molar-refractivity contribution < 1.29 is 4.79 Å². The summed E-state index contributed by atoms with van der Waals surface area (Å²) in [5, 5.41) is 6.29. The van der Waals surface area contributed by atoms with E-state index in [0.717, 1.165) is 51.5 Å². The number of aromatic nitrogens is 2. The molecule has 2 aliphatic heterocycles. The molecule has 1 atom stereocenters. The van der Waals surface area contributed by atoms with Crippen molar-refractivity contribution in [1.29, 1.82) is 0 Å². The van der Waals surface area contributed by atoms with Crippen LogP contribution in [0.25, 0.3) is 5.57 Å². The summed E-state index contributed by atoms with van der Waals surface area (Å²) in [5.74, 6) is 0.833. The molecule has 33 heavy (non-hydrogen) atoms. The number of hydrogen-bond acceptors (Lipinski definition) is 4. The lowest BCUT2D eigenvalue weighted by Gasteiger charge is -2.18. The number of likely N-dealkylation sites (N-methyl/N-ethyl adjacent to an activating group) is 2. The molecular formula is C27H49N5O. The van der Waals surface area contributed by atoms with Gasteiger partial charge in [0, 0.05) is 19.6 Å². The van der Waals surface area contributed by atoms with Crippen LogP contribution in [0.5, 0.6) is 0 Å². The molecule has 0 aromatic carbocycles. The van der Waals surface area contributed by atoms with Gasteiger partial charge < -0.3 is 15.4 Å². The van der Waals surface area contributed by atoms with Crippen LogP contribution >= 0.6 is 0 Å². The Balaban J connectivity index is 0.000000266. The SMILES string of the molecule is C=CC.CC(C)C.CNCC1=CC=C(c2c(C)n3n2C3)CC1.CNCCN1CCCC1C=O. The van der Waals surface area contributed by atoms with Crippen LogP contribution in [0.3, 0.4) is 0 Å². The summed E-state index contributed by atoms with van der Waals surface area (Å²) in [6.45, 7) is 19.2. The fraction of sp³-hybridized carbons (Fsp3) is 0.667. The van der Waals surface area contributed by atoms with Gasteiger partial charge in [0.25, 0.3) is 0 Å². The van der Waals surface area contributed by atoms with Crippen molar-refractivity contribution in [2.75, 3.05) is 40.3 Å². The maximum atomic E-state index is 10.5. The molecule has 1 aromatic heterocycles. The van der Waals surface area contributed by atoms with Crippen LogP contribution in [0, 0.1) is 12.8 Å². The second kappa shape index (κ2) is 15.9. The van der Waals surface area contributed by atoms with E-state index >= 15 is 0 Å². The van der Waals surface area contributed by atoms with Crippen LogP contribution in [0.15, 0.2) is 30.4 Å². The minimum atomic E-state index is 0.198. The topological polar surface area (TPSA) is 54.2 Å². The highest BCUT2D eigenvalue weighted by molar-refractivity contribution is 5.70. The zero-order valence-corrected chi connectivity index (χ0v) is 22.3. The number of nitrogens with zero attached hydrogens (tertiary/aromatic N) is 3. The summed E-state index contributed by atoms with van der Waals surface area (Å²) < 4.78 is 4.65. The Morgan fingerprint density at radius 3 is 2.27 bits per heavy atom. The second-order valence-corrected chi connectivity index (χ2v) is 9.55. The van der Waals surface area contributed by atoms with Gasteiger partial charge in [-0.25, -0.2) is 0 Å². The third-order valence-corrected chi connectivity index (χ3v) is 5.63. The Bertz CT molecular complexity index is 766. The average Bonchev–Trinajstić information content (AvgIpc) is 3.32. The van der Waals surface area contributed by atoms with Crippen LogP contribution in [0.4, 0.5) is 0 Å². The third-order valence-electron chi connectivity index (χ3n) is 5.63. The molecule has 1 aliphatic carbocycles. The lowest BCUT2D eigenvalue weighted by Crippen LogP contribution is -2.35. The first-order chi connectivity index (χ1) is 15.8. The molecule has 3 heterocycles. The lowest BCUT2D eigenvalue weighted by atomic mass is 9.95. The largest absolute Gasteiger partial charge is 0.318 e. The van der Waals surface area contributed by atoms with Gasteiger partial charge in [0.1, 0.15) is 13.0 Å². The Kier molecular flexibility index (Phi) is 14.0.